The van der Waals surface area contributed by atoms with Crippen molar-refractivity contribution in [2.45, 2.75) is 12.6 Å². The van der Waals surface area contributed by atoms with Crippen LogP contribution in [0.4, 0.5) is 18.9 Å². The van der Waals surface area contributed by atoms with Crippen molar-refractivity contribution in [3.8, 4) is 0 Å². The zero-order valence-corrected chi connectivity index (χ0v) is 17.4. The molecule has 0 radical (unpaired) electrons. The van der Waals surface area contributed by atoms with Crippen LogP contribution < -0.4 is 9.62 Å². The third-order valence-electron chi connectivity index (χ3n) is 4.72. The summed E-state index contributed by atoms with van der Waals surface area (Å²) in [5, 5.41) is 2.64. The first-order chi connectivity index (χ1) is 13.5. The summed E-state index contributed by atoms with van der Waals surface area (Å²) in [4.78, 5) is 16.7. The van der Waals surface area contributed by atoms with E-state index in [1.54, 1.807) is 0 Å². The quantitative estimate of drug-likeness (QED) is 0.621. The third kappa shape index (κ3) is 7.48. The van der Waals surface area contributed by atoms with Gasteiger partial charge in [-0.3, -0.25) is 9.10 Å². The summed E-state index contributed by atoms with van der Waals surface area (Å²) in [7, 11) is -1.87. The maximum absolute atomic E-state index is 12.9. The molecule has 1 aromatic carbocycles. The van der Waals surface area contributed by atoms with E-state index in [0.717, 1.165) is 57.2 Å². The number of alkyl halides is 3. The summed E-state index contributed by atoms with van der Waals surface area (Å²) in [6.45, 7) is 4.51. The Bertz CT molecular complexity index is 794. The predicted molar refractivity (Wildman–Crippen MR) is 105 cm³/mol. The van der Waals surface area contributed by atoms with Crippen molar-refractivity contribution < 1.29 is 26.4 Å². The highest BCUT2D eigenvalue weighted by atomic mass is 32.2. The molecule has 0 atom stereocenters. The smallest absolute Gasteiger partial charge is 0.354 e. The molecule has 1 aliphatic heterocycles. The molecular formula is C18H27F3N4O3S. The molecule has 11 heteroatoms. The number of hydrogen-bond donors (Lipinski definition) is 1. The van der Waals surface area contributed by atoms with Crippen molar-refractivity contribution in [2.75, 3.05) is 63.4 Å². The van der Waals surface area contributed by atoms with Crippen molar-refractivity contribution in [3.05, 3.63) is 29.8 Å². The number of carbonyl (C=O) groups excluding carboxylic acids is 1. The fourth-order valence-electron chi connectivity index (χ4n) is 3.03. The topological polar surface area (TPSA) is 73.0 Å². The highest BCUT2D eigenvalue weighted by Gasteiger charge is 2.32. The SMILES string of the molecule is CN1CCN(CCCNC(=O)CN(c2cccc(C(F)(F)F)c2)S(C)(=O)=O)CC1. The van der Waals surface area contributed by atoms with Gasteiger partial charge in [-0.2, -0.15) is 13.2 Å². The minimum atomic E-state index is -4.61. The number of benzene rings is 1. The van der Waals surface area contributed by atoms with Crippen LogP contribution in [0, 0.1) is 0 Å². The normalized spacial score (nSPS) is 16.6. The molecule has 0 bridgehead atoms. The van der Waals surface area contributed by atoms with Crippen LogP contribution in [0.5, 0.6) is 0 Å². The van der Waals surface area contributed by atoms with Gasteiger partial charge in [-0.25, -0.2) is 8.42 Å². The molecular weight excluding hydrogens is 409 g/mol. The summed E-state index contributed by atoms with van der Waals surface area (Å²) in [5.74, 6) is -0.564. The first-order valence-corrected chi connectivity index (χ1v) is 11.1. The van der Waals surface area contributed by atoms with E-state index >= 15 is 0 Å². The van der Waals surface area contributed by atoms with E-state index in [1.165, 1.54) is 6.07 Å². The van der Waals surface area contributed by atoms with Gasteiger partial charge >= 0.3 is 6.18 Å². The number of halogens is 3. The van der Waals surface area contributed by atoms with E-state index in [9.17, 15) is 26.4 Å². The first kappa shape index (κ1) is 23.4. The lowest BCUT2D eigenvalue weighted by Crippen LogP contribution is -2.45. The summed E-state index contributed by atoms with van der Waals surface area (Å²) >= 11 is 0. The van der Waals surface area contributed by atoms with Gasteiger partial charge in [0.1, 0.15) is 6.54 Å². The number of carbonyl (C=O) groups is 1. The minimum absolute atomic E-state index is 0.199. The lowest BCUT2D eigenvalue weighted by molar-refractivity contribution is -0.137. The number of nitrogens with zero attached hydrogens (tertiary/aromatic N) is 3. The molecule has 29 heavy (non-hydrogen) atoms. The number of hydrogen-bond acceptors (Lipinski definition) is 5. The Morgan fingerprint density at radius 3 is 2.45 bits per heavy atom. The second kappa shape index (κ2) is 9.77. The number of piperazine rings is 1. The number of sulfonamides is 1. The van der Waals surface area contributed by atoms with Crippen molar-refractivity contribution in [3.63, 3.8) is 0 Å². The van der Waals surface area contributed by atoms with E-state index in [0.29, 0.717) is 17.3 Å². The average Bonchev–Trinajstić information content (AvgIpc) is 2.63. The molecule has 1 saturated heterocycles. The lowest BCUT2D eigenvalue weighted by Gasteiger charge is -2.32. The van der Waals surface area contributed by atoms with Crippen LogP contribution >= 0.6 is 0 Å². The molecule has 1 aromatic rings. The van der Waals surface area contributed by atoms with Crippen LogP contribution in [-0.4, -0.2) is 83.2 Å². The molecule has 7 nitrogen and oxygen atoms in total. The molecule has 1 amide bonds. The van der Waals surface area contributed by atoms with Crippen LogP contribution in [0.15, 0.2) is 24.3 Å². The maximum Gasteiger partial charge on any atom is 0.416 e. The second-order valence-electron chi connectivity index (χ2n) is 7.17. The fourth-order valence-corrected chi connectivity index (χ4v) is 3.87. The Kier molecular flexibility index (Phi) is 7.89. The summed E-state index contributed by atoms with van der Waals surface area (Å²) in [6, 6.07) is 3.92. The van der Waals surface area contributed by atoms with Crippen molar-refractivity contribution in [2.24, 2.45) is 0 Å². The molecule has 164 valence electrons. The van der Waals surface area contributed by atoms with Gasteiger partial charge in [0, 0.05) is 32.7 Å². The standard InChI is InChI=1S/C18H27F3N4O3S/c1-23-9-11-24(12-10-23)8-4-7-22-17(26)14-25(29(2,27)28)16-6-3-5-15(13-16)18(19,20)21/h3,5-6,13H,4,7-12,14H2,1-2H3,(H,22,26). The van der Waals surface area contributed by atoms with Gasteiger partial charge in [0.05, 0.1) is 17.5 Å². The summed E-state index contributed by atoms with van der Waals surface area (Å²) in [6.07, 6.45) is -3.05. The molecule has 0 aliphatic carbocycles. The van der Waals surface area contributed by atoms with E-state index in [4.69, 9.17) is 0 Å². The zero-order valence-electron chi connectivity index (χ0n) is 16.6. The molecule has 1 fully saturated rings. The molecule has 0 spiro atoms. The van der Waals surface area contributed by atoms with E-state index < -0.39 is 34.2 Å². The van der Waals surface area contributed by atoms with E-state index in [2.05, 4.69) is 22.2 Å². The van der Waals surface area contributed by atoms with Gasteiger partial charge in [-0.05, 0) is 38.2 Å². The number of anilines is 1. The van der Waals surface area contributed by atoms with Gasteiger partial charge in [0.25, 0.3) is 0 Å². The van der Waals surface area contributed by atoms with E-state index in [-0.39, 0.29) is 5.69 Å². The number of rotatable bonds is 8. The van der Waals surface area contributed by atoms with Gasteiger partial charge in [-0.1, -0.05) is 6.07 Å². The number of likely N-dealkylation sites (N-methyl/N-ethyl adjacent to an activating group) is 1. The Hall–Kier alpha value is -1.85. The lowest BCUT2D eigenvalue weighted by atomic mass is 10.2. The Morgan fingerprint density at radius 2 is 1.86 bits per heavy atom. The van der Waals surface area contributed by atoms with Gasteiger partial charge < -0.3 is 15.1 Å². The van der Waals surface area contributed by atoms with Crippen molar-refractivity contribution >= 4 is 21.6 Å². The molecule has 1 N–H and O–H groups in total. The second-order valence-corrected chi connectivity index (χ2v) is 9.07. The zero-order chi connectivity index (χ0) is 21.7. The monoisotopic (exact) mass is 436 g/mol. The van der Waals surface area contributed by atoms with Crippen LogP contribution in [0.1, 0.15) is 12.0 Å². The summed E-state index contributed by atoms with van der Waals surface area (Å²) in [5.41, 5.74) is -1.17. The maximum atomic E-state index is 12.9. The Labute approximate surface area is 169 Å². The largest absolute Gasteiger partial charge is 0.416 e. The average molecular weight is 437 g/mol. The van der Waals surface area contributed by atoms with Crippen molar-refractivity contribution in [1.82, 2.24) is 15.1 Å². The molecule has 0 aromatic heterocycles. The first-order valence-electron chi connectivity index (χ1n) is 9.29. The molecule has 0 unspecified atom stereocenters. The predicted octanol–water partition coefficient (Wildman–Crippen LogP) is 1.23. The Balaban J connectivity index is 1.91. The number of nitrogens with one attached hydrogen (secondary N) is 1. The third-order valence-corrected chi connectivity index (χ3v) is 5.86. The molecule has 0 saturated carbocycles. The number of amides is 1. The summed E-state index contributed by atoms with van der Waals surface area (Å²) < 4.78 is 63.5. The van der Waals surface area contributed by atoms with Crippen molar-refractivity contribution in [1.29, 1.82) is 0 Å². The molecule has 1 heterocycles. The van der Waals surface area contributed by atoms with Crippen LogP contribution in [0.2, 0.25) is 0 Å². The Morgan fingerprint density at radius 1 is 1.21 bits per heavy atom. The van der Waals surface area contributed by atoms with E-state index in [1.807, 2.05) is 0 Å². The van der Waals surface area contributed by atoms with Crippen LogP contribution in [0.3, 0.4) is 0 Å². The van der Waals surface area contributed by atoms with Crippen LogP contribution in [-0.2, 0) is 21.0 Å². The molecule has 1 aliphatic rings. The highest BCUT2D eigenvalue weighted by Crippen LogP contribution is 2.32. The van der Waals surface area contributed by atoms with Gasteiger partial charge in [0.2, 0.25) is 15.9 Å². The van der Waals surface area contributed by atoms with Gasteiger partial charge in [-0.15, -0.1) is 0 Å². The molecule has 2 rings (SSSR count). The minimum Gasteiger partial charge on any atom is -0.354 e. The van der Waals surface area contributed by atoms with Crippen LogP contribution in [0.25, 0.3) is 0 Å². The van der Waals surface area contributed by atoms with Gasteiger partial charge in [0.15, 0.2) is 0 Å². The highest BCUT2D eigenvalue weighted by molar-refractivity contribution is 7.92. The fraction of sp³-hybridized carbons (Fsp3) is 0.611.